The molecule has 6 nitrogen and oxygen atoms in total. The SMILES string of the molecule is Cc1cc(C)n(C(=O)c2sccc2S(=O)(=O)N(C)c2ccc(F)c(F)c2)n1. The van der Waals surface area contributed by atoms with Crippen LogP contribution < -0.4 is 4.31 Å². The summed E-state index contributed by atoms with van der Waals surface area (Å²) in [6.45, 7) is 3.41. The van der Waals surface area contributed by atoms with Gasteiger partial charge in [0, 0.05) is 18.8 Å². The van der Waals surface area contributed by atoms with Crippen molar-refractivity contribution in [2.24, 2.45) is 0 Å². The summed E-state index contributed by atoms with van der Waals surface area (Å²) in [5, 5.41) is 5.56. The van der Waals surface area contributed by atoms with Gasteiger partial charge >= 0.3 is 0 Å². The van der Waals surface area contributed by atoms with E-state index in [2.05, 4.69) is 5.10 Å². The van der Waals surface area contributed by atoms with Gasteiger partial charge in [-0.25, -0.2) is 21.9 Å². The molecule has 0 spiro atoms. The lowest BCUT2D eigenvalue weighted by molar-refractivity contribution is 0.0943. The lowest BCUT2D eigenvalue weighted by Crippen LogP contribution is -2.28. The second-order valence-corrected chi connectivity index (χ2v) is 8.68. The normalized spacial score (nSPS) is 11.6. The van der Waals surface area contributed by atoms with Gasteiger partial charge in [0.25, 0.3) is 15.9 Å². The van der Waals surface area contributed by atoms with E-state index in [9.17, 15) is 22.0 Å². The van der Waals surface area contributed by atoms with Crippen molar-refractivity contribution in [3.8, 4) is 0 Å². The molecule has 3 aromatic rings. The Labute approximate surface area is 158 Å². The molecule has 0 atom stereocenters. The lowest BCUT2D eigenvalue weighted by Gasteiger charge is -2.19. The van der Waals surface area contributed by atoms with Gasteiger partial charge in [-0.2, -0.15) is 5.10 Å². The van der Waals surface area contributed by atoms with E-state index in [-0.39, 0.29) is 15.5 Å². The molecule has 0 aliphatic rings. The third-order valence-corrected chi connectivity index (χ3v) is 6.79. The minimum Gasteiger partial charge on any atom is -0.269 e. The highest BCUT2D eigenvalue weighted by molar-refractivity contribution is 7.93. The van der Waals surface area contributed by atoms with Gasteiger partial charge in [-0.3, -0.25) is 9.10 Å². The van der Waals surface area contributed by atoms with Crippen LogP contribution in [-0.2, 0) is 10.0 Å². The molecule has 0 aliphatic heterocycles. The molecular weight excluding hydrogens is 396 g/mol. The summed E-state index contributed by atoms with van der Waals surface area (Å²) in [5.41, 5.74) is 1.13. The fourth-order valence-electron chi connectivity index (χ4n) is 2.55. The zero-order valence-electron chi connectivity index (χ0n) is 14.6. The summed E-state index contributed by atoms with van der Waals surface area (Å²) in [4.78, 5) is 12.5. The average Bonchev–Trinajstić information content (AvgIpc) is 3.23. The van der Waals surface area contributed by atoms with Crippen LogP contribution in [0.1, 0.15) is 21.1 Å². The van der Waals surface area contributed by atoms with Crippen LogP contribution in [0.2, 0.25) is 0 Å². The largest absolute Gasteiger partial charge is 0.289 e. The zero-order chi connectivity index (χ0) is 19.9. The summed E-state index contributed by atoms with van der Waals surface area (Å²) < 4.78 is 54.5. The van der Waals surface area contributed by atoms with Crippen molar-refractivity contribution in [1.82, 2.24) is 9.78 Å². The monoisotopic (exact) mass is 411 g/mol. The van der Waals surface area contributed by atoms with Crippen molar-refractivity contribution < 1.29 is 22.0 Å². The zero-order valence-corrected chi connectivity index (χ0v) is 16.2. The molecule has 2 heterocycles. The Bertz CT molecular complexity index is 1140. The molecule has 0 N–H and O–H groups in total. The summed E-state index contributed by atoms with van der Waals surface area (Å²) in [6, 6.07) is 5.77. The first kappa shape index (κ1) is 19.2. The van der Waals surface area contributed by atoms with E-state index in [4.69, 9.17) is 0 Å². The fourth-order valence-corrected chi connectivity index (χ4v) is 5.06. The standard InChI is InChI=1S/C17H15F2N3O3S2/c1-10-8-11(2)22(20-10)17(23)16-15(6-7-26-16)27(24,25)21(3)12-4-5-13(18)14(19)9-12/h4-9H,1-3H3. The number of thiophene rings is 1. The van der Waals surface area contributed by atoms with Crippen molar-refractivity contribution in [2.45, 2.75) is 18.7 Å². The fraction of sp³-hybridized carbons (Fsp3) is 0.176. The van der Waals surface area contributed by atoms with Gasteiger partial charge in [-0.15, -0.1) is 11.3 Å². The number of anilines is 1. The van der Waals surface area contributed by atoms with E-state index in [1.165, 1.54) is 18.5 Å². The molecule has 0 saturated heterocycles. The van der Waals surface area contributed by atoms with E-state index < -0.39 is 27.6 Å². The van der Waals surface area contributed by atoms with Gasteiger partial charge in [0.15, 0.2) is 11.6 Å². The number of benzene rings is 1. The highest BCUT2D eigenvalue weighted by atomic mass is 32.2. The summed E-state index contributed by atoms with van der Waals surface area (Å²) in [6.07, 6.45) is 0. The maximum Gasteiger partial charge on any atom is 0.289 e. The highest BCUT2D eigenvalue weighted by Gasteiger charge is 2.30. The molecule has 142 valence electrons. The van der Waals surface area contributed by atoms with Crippen molar-refractivity contribution in [3.63, 3.8) is 0 Å². The molecule has 2 aromatic heterocycles. The smallest absolute Gasteiger partial charge is 0.269 e. The third kappa shape index (κ3) is 3.37. The molecule has 0 bridgehead atoms. The Morgan fingerprint density at radius 3 is 2.44 bits per heavy atom. The molecule has 0 amide bonds. The molecule has 1 aromatic carbocycles. The second kappa shape index (κ2) is 6.86. The maximum absolute atomic E-state index is 13.5. The molecule has 0 aliphatic carbocycles. The molecular formula is C17H15F2N3O3S2. The second-order valence-electron chi connectivity index (χ2n) is 5.83. The summed E-state index contributed by atoms with van der Waals surface area (Å²) in [7, 11) is -2.97. The number of halogens is 2. The van der Waals surface area contributed by atoms with Crippen LogP contribution in [0.3, 0.4) is 0 Å². The maximum atomic E-state index is 13.5. The van der Waals surface area contributed by atoms with E-state index in [0.29, 0.717) is 11.4 Å². The van der Waals surface area contributed by atoms with Crippen LogP contribution in [0.25, 0.3) is 0 Å². The predicted octanol–water partition coefficient (Wildman–Crippen LogP) is 3.35. The van der Waals surface area contributed by atoms with Crippen molar-refractivity contribution >= 4 is 33.0 Å². The van der Waals surface area contributed by atoms with Gasteiger partial charge in [0.05, 0.1) is 11.4 Å². The lowest BCUT2D eigenvalue weighted by atomic mass is 10.3. The van der Waals surface area contributed by atoms with E-state index in [0.717, 1.165) is 38.5 Å². The number of hydrogen-bond donors (Lipinski definition) is 0. The van der Waals surface area contributed by atoms with Crippen LogP contribution in [-0.4, -0.2) is 31.2 Å². The number of sulfonamides is 1. The number of aromatic nitrogens is 2. The number of aryl methyl sites for hydroxylation is 2. The first-order chi connectivity index (χ1) is 12.6. The molecule has 0 unspecified atom stereocenters. The molecule has 10 heteroatoms. The highest BCUT2D eigenvalue weighted by Crippen LogP contribution is 2.29. The van der Waals surface area contributed by atoms with Gasteiger partial charge in [-0.1, -0.05) is 0 Å². The van der Waals surface area contributed by atoms with Crippen molar-refractivity contribution in [1.29, 1.82) is 0 Å². The predicted molar refractivity (Wildman–Crippen MR) is 97.7 cm³/mol. The first-order valence-corrected chi connectivity index (χ1v) is 10.0. The van der Waals surface area contributed by atoms with Gasteiger partial charge in [0.1, 0.15) is 9.77 Å². The number of carbonyl (C=O) groups is 1. The molecule has 3 rings (SSSR count). The minimum absolute atomic E-state index is 0.0179. The molecule has 0 fully saturated rings. The van der Waals surface area contributed by atoms with Crippen molar-refractivity contribution in [3.05, 3.63) is 63.6 Å². The number of carbonyl (C=O) groups excluding carboxylic acids is 1. The average molecular weight is 411 g/mol. The van der Waals surface area contributed by atoms with Crippen molar-refractivity contribution in [2.75, 3.05) is 11.4 Å². The number of hydrogen-bond acceptors (Lipinski definition) is 5. The van der Waals surface area contributed by atoms with Crippen LogP contribution in [0.15, 0.2) is 40.6 Å². The summed E-state index contributed by atoms with van der Waals surface area (Å²) >= 11 is 0.965. The number of nitrogens with zero attached hydrogens (tertiary/aromatic N) is 3. The molecule has 0 saturated carbocycles. The number of rotatable bonds is 4. The Balaban J connectivity index is 2.04. The quantitative estimate of drug-likeness (QED) is 0.660. The Hall–Kier alpha value is -2.59. The van der Waals surface area contributed by atoms with Gasteiger partial charge in [-0.05, 0) is 43.5 Å². The van der Waals surface area contributed by atoms with E-state index in [1.807, 2.05) is 0 Å². The topological polar surface area (TPSA) is 72.3 Å². The van der Waals surface area contributed by atoms with Crippen LogP contribution in [0, 0.1) is 25.5 Å². The Morgan fingerprint density at radius 1 is 1.15 bits per heavy atom. The van der Waals surface area contributed by atoms with E-state index >= 15 is 0 Å². The first-order valence-electron chi connectivity index (χ1n) is 7.72. The molecule has 0 radical (unpaired) electrons. The van der Waals surface area contributed by atoms with Crippen LogP contribution in [0.4, 0.5) is 14.5 Å². The van der Waals surface area contributed by atoms with Gasteiger partial charge in [0.2, 0.25) is 0 Å². The third-order valence-electron chi connectivity index (χ3n) is 3.93. The van der Waals surface area contributed by atoms with Crippen LogP contribution in [0.5, 0.6) is 0 Å². The van der Waals surface area contributed by atoms with Gasteiger partial charge < -0.3 is 0 Å². The summed E-state index contributed by atoms with van der Waals surface area (Å²) in [5.74, 6) is -2.83. The minimum atomic E-state index is -4.18. The van der Waals surface area contributed by atoms with E-state index in [1.54, 1.807) is 19.9 Å². The Kier molecular flexibility index (Phi) is 4.87. The molecule has 27 heavy (non-hydrogen) atoms. The van der Waals surface area contributed by atoms with Crippen LogP contribution >= 0.6 is 11.3 Å². The Morgan fingerprint density at radius 2 is 1.85 bits per heavy atom.